The molecule has 0 aliphatic carbocycles. The smallest absolute Gasteiger partial charge is 0.352 e. The van der Waals surface area contributed by atoms with E-state index in [0.29, 0.717) is 40.9 Å². The first-order valence-electron chi connectivity index (χ1n) is 7.72. The molecular weight excluding hydrogens is 340 g/mol. The molecule has 1 unspecified atom stereocenters. The van der Waals surface area contributed by atoms with Gasteiger partial charge in [0.1, 0.15) is 12.7 Å². The molecule has 3 aromatic rings. The molecule has 4 rings (SSSR count). The third-order valence-electron chi connectivity index (χ3n) is 4.13. The summed E-state index contributed by atoms with van der Waals surface area (Å²) in [6.45, 7) is -0.312. The Labute approximate surface area is 139 Å². The second kappa shape index (κ2) is 5.71. The molecule has 1 saturated heterocycles. The molecule has 10 heteroatoms. The maximum Gasteiger partial charge on any atom is 0.408 e. The summed E-state index contributed by atoms with van der Waals surface area (Å²) in [6, 6.07) is 1.78. The number of pyridine rings is 1. The van der Waals surface area contributed by atoms with Crippen molar-refractivity contribution in [3.63, 3.8) is 0 Å². The van der Waals surface area contributed by atoms with Crippen molar-refractivity contribution >= 4 is 16.9 Å². The van der Waals surface area contributed by atoms with Gasteiger partial charge in [-0.2, -0.15) is 23.4 Å². The monoisotopic (exact) mass is 354 g/mol. The third kappa shape index (κ3) is 3.15. The summed E-state index contributed by atoms with van der Waals surface area (Å²) in [5, 5.41) is 11.4. The van der Waals surface area contributed by atoms with Crippen molar-refractivity contribution in [3.8, 4) is 11.1 Å². The van der Waals surface area contributed by atoms with E-state index < -0.39 is 18.9 Å². The second-order valence-corrected chi connectivity index (χ2v) is 6.04. The fourth-order valence-electron chi connectivity index (χ4n) is 2.98. The second-order valence-electron chi connectivity index (χ2n) is 6.04. The van der Waals surface area contributed by atoms with Crippen LogP contribution < -0.4 is 4.90 Å². The Morgan fingerprint density at radius 3 is 2.80 bits per heavy atom. The normalized spacial score (nSPS) is 18.4. The van der Waals surface area contributed by atoms with Crippen molar-refractivity contribution in [2.45, 2.75) is 25.3 Å². The van der Waals surface area contributed by atoms with E-state index in [0.717, 1.165) is 4.68 Å². The van der Waals surface area contributed by atoms with Gasteiger partial charge < -0.3 is 4.90 Å². The van der Waals surface area contributed by atoms with Gasteiger partial charge in [-0.25, -0.2) is 9.37 Å². The van der Waals surface area contributed by atoms with Crippen molar-refractivity contribution in [3.05, 3.63) is 24.7 Å². The number of alkyl halides is 4. The van der Waals surface area contributed by atoms with Gasteiger partial charge in [-0.1, -0.05) is 0 Å². The highest BCUT2D eigenvalue weighted by Gasteiger charge is 2.28. The predicted octanol–water partition coefficient (Wildman–Crippen LogP) is 2.93. The number of anilines is 1. The Morgan fingerprint density at radius 1 is 1.24 bits per heavy atom. The zero-order valence-electron chi connectivity index (χ0n) is 13.0. The average molecular weight is 354 g/mol. The molecule has 0 bridgehead atoms. The van der Waals surface area contributed by atoms with Gasteiger partial charge in [0.2, 0.25) is 0 Å². The quantitative estimate of drug-likeness (QED) is 0.735. The predicted molar refractivity (Wildman–Crippen MR) is 82.9 cm³/mol. The first-order chi connectivity index (χ1) is 11.9. The molecular formula is C15H14F4N6. The van der Waals surface area contributed by atoms with Gasteiger partial charge in [0.15, 0.2) is 11.5 Å². The molecule has 1 fully saturated rings. The molecule has 0 spiro atoms. The Hall–Kier alpha value is -2.65. The number of aromatic amines is 1. The minimum atomic E-state index is -4.33. The fraction of sp³-hybridized carbons (Fsp3) is 0.400. The highest BCUT2D eigenvalue weighted by atomic mass is 19.4. The van der Waals surface area contributed by atoms with Gasteiger partial charge in [0.05, 0.1) is 18.1 Å². The third-order valence-corrected chi connectivity index (χ3v) is 4.13. The molecule has 0 saturated carbocycles. The van der Waals surface area contributed by atoms with Gasteiger partial charge in [0.25, 0.3) is 0 Å². The first kappa shape index (κ1) is 15.9. The zero-order chi connectivity index (χ0) is 17.6. The van der Waals surface area contributed by atoms with Crippen LogP contribution >= 0.6 is 0 Å². The summed E-state index contributed by atoms with van der Waals surface area (Å²) < 4.78 is 51.7. The SMILES string of the molecule is FC1CCN(c2n[nH]c3ncc(-c4cnn(CC(F)(F)F)c4)cc23)C1. The summed E-state index contributed by atoms with van der Waals surface area (Å²) in [7, 11) is 0. The van der Waals surface area contributed by atoms with Gasteiger partial charge >= 0.3 is 6.18 Å². The fourth-order valence-corrected chi connectivity index (χ4v) is 2.98. The number of nitrogens with zero attached hydrogens (tertiary/aromatic N) is 5. The topological polar surface area (TPSA) is 62.6 Å². The van der Waals surface area contributed by atoms with E-state index in [1.165, 1.54) is 12.4 Å². The van der Waals surface area contributed by atoms with Crippen LogP contribution in [0.3, 0.4) is 0 Å². The molecule has 25 heavy (non-hydrogen) atoms. The number of hydrogen-bond donors (Lipinski definition) is 1. The van der Waals surface area contributed by atoms with E-state index >= 15 is 0 Å². The number of halogens is 4. The molecule has 1 aliphatic heterocycles. The van der Waals surface area contributed by atoms with Crippen LogP contribution in [0.15, 0.2) is 24.7 Å². The van der Waals surface area contributed by atoms with Gasteiger partial charge in [0, 0.05) is 30.1 Å². The number of H-pyrrole nitrogens is 1. The standard InChI is InChI=1S/C15H14F4N6/c16-11-1-2-24(7-11)14-12-3-9(4-20-13(12)22-23-14)10-5-21-25(6-10)8-15(17,18)19/h3-6,11H,1-2,7-8H2,(H,20,22,23). The summed E-state index contributed by atoms with van der Waals surface area (Å²) in [6.07, 6.45) is -0.538. The number of fused-ring (bicyclic) bond motifs is 1. The lowest BCUT2D eigenvalue weighted by atomic mass is 10.1. The van der Waals surface area contributed by atoms with Crippen molar-refractivity contribution in [2.24, 2.45) is 0 Å². The van der Waals surface area contributed by atoms with E-state index in [2.05, 4.69) is 20.3 Å². The van der Waals surface area contributed by atoms with Crippen LogP contribution in [-0.2, 0) is 6.54 Å². The Bertz CT molecular complexity index is 899. The molecule has 1 atom stereocenters. The van der Waals surface area contributed by atoms with Crippen molar-refractivity contribution < 1.29 is 17.6 Å². The number of aromatic nitrogens is 5. The van der Waals surface area contributed by atoms with Gasteiger partial charge in [-0.3, -0.25) is 9.78 Å². The lowest BCUT2D eigenvalue weighted by Crippen LogP contribution is -2.20. The van der Waals surface area contributed by atoms with E-state index in [9.17, 15) is 17.6 Å². The molecule has 4 heterocycles. The number of nitrogens with one attached hydrogen (secondary N) is 1. The highest BCUT2D eigenvalue weighted by molar-refractivity contribution is 5.90. The van der Waals surface area contributed by atoms with Gasteiger partial charge in [-0.15, -0.1) is 0 Å². The van der Waals surface area contributed by atoms with Crippen LogP contribution in [-0.4, -0.2) is 50.4 Å². The zero-order valence-corrected chi connectivity index (χ0v) is 13.0. The van der Waals surface area contributed by atoms with Crippen LogP contribution in [0, 0.1) is 0 Å². The van der Waals surface area contributed by atoms with Crippen molar-refractivity contribution in [1.29, 1.82) is 0 Å². The molecule has 0 radical (unpaired) electrons. The van der Waals surface area contributed by atoms with Crippen molar-refractivity contribution in [2.75, 3.05) is 18.0 Å². The lowest BCUT2D eigenvalue weighted by molar-refractivity contribution is -0.142. The lowest BCUT2D eigenvalue weighted by Gasteiger charge is -2.14. The van der Waals surface area contributed by atoms with Gasteiger partial charge in [-0.05, 0) is 12.5 Å². The van der Waals surface area contributed by atoms with Crippen LogP contribution in [0.2, 0.25) is 0 Å². The molecule has 1 aliphatic rings. The summed E-state index contributed by atoms with van der Waals surface area (Å²) in [5.74, 6) is 0.604. The van der Waals surface area contributed by atoms with Crippen LogP contribution in [0.1, 0.15) is 6.42 Å². The van der Waals surface area contributed by atoms with E-state index in [1.54, 1.807) is 12.3 Å². The molecule has 132 valence electrons. The van der Waals surface area contributed by atoms with E-state index in [1.807, 2.05) is 4.90 Å². The first-order valence-corrected chi connectivity index (χ1v) is 7.72. The van der Waals surface area contributed by atoms with E-state index in [-0.39, 0.29) is 6.54 Å². The maximum atomic E-state index is 13.4. The Balaban J connectivity index is 1.67. The number of rotatable bonds is 3. The highest BCUT2D eigenvalue weighted by Crippen LogP contribution is 2.30. The minimum absolute atomic E-state index is 0.272. The number of hydrogen-bond acceptors (Lipinski definition) is 4. The largest absolute Gasteiger partial charge is 0.408 e. The summed E-state index contributed by atoms with van der Waals surface area (Å²) in [5.41, 5.74) is 1.69. The molecule has 3 aromatic heterocycles. The van der Waals surface area contributed by atoms with Crippen LogP contribution in [0.25, 0.3) is 22.2 Å². The average Bonchev–Trinajstić information content (AvgIpc) is 3.24. The molecule has 0 aromatic carbocycles. The summed E-state index contributed by atoms with van der Waals surface area (Å²) in [4.78, 5) is 6.09. The van der Waals surface area contributed by atoms with Crippen LogP contribution in [0.4, 0.5) is 23.4 Å². The maximum absolute atomic E-state index is 13.4. The molecule has 6 nitrogen and oxygen atoms in total. The molecule has 0 amide bonds. The van der Waals surface area contributed by atoms with Crippen LogP contribution in [0.5, 0.6) is 0 Å². The van der Waals surface area contributed by atoms with Crippen molar-refractivity contribution in [1.82, 2.24) is 25.0 Å². The Morgan fingerprint density at radius 2 is 2.08 bits per heavy atom. The molecule has 1 N–H and O–H groups in total. The van der Waals surface area contributed by atoms with E-state index in [4.69, 9.17) is 0 Å². The minimum Gasteiger partial charge on any atom is -0.352 e. The summed E-state index contributed by atoms with van der Waals surface area (Å²) >= 11 is 0. The Kier molecular flexibility index (Phi) is 3.62.